The van der Waals surface area contributed by atoms with E-state index in [9.17, 15) is 9.59 Å². The number of carbonyl (C=O) groups is 2. The largest absolute Gasteiger partial charge is 0.341 e. The highest BCUT2D eigenvalue weighted by Crippen LogP contribution is 2.21. The Morgan fingerprint density at radius 1 is 1.04 bits per heavy atom. The van der Waals surface area contributed by atoms with Gasteiger partial charge in [-0.05, 0) is 44.2 Å². The van der Waals surface area contributed by atoms with Gasteiger partial charge in [-0.1, -0.05) is 18.2 Å². The average molecular weight is 381 g/mol. The lowest BCUT2D eigenvalue weighted by molar-refractivity contribution is -0.136. The van der Waals surface area contributed by atoms with Gasteiger partial charge in [-0.15, -0.1) is 0 Å². The summed E-state index contributed by atoms with van der Waals surface area (Å²) in [7, 11) is 0. The molecule has 2 fully saturated rings. The number of benzene rings is 1. The van der Waals surface area contributed by atoms with E-state index in [1.54, 1.807) is 15.8 Å². The molecule has 7 nitrogen and oxygen atoms in total. The molecule has 0 unspecified atom stereocenters. The van der Waals surface area contributed by atoms with E-state index >= 15 is 0 Å². The molecule has 2 aromatic rings. The molecule has 0 bridgehead atoms. The van der Waals surface area contributed by atoms with Crippen molar-refractivity contribution in [3.05, 3.63) is 48.3 Å². The van der Waals surface area contributed by atoms with Crippen LogP contribution in [0.5, 0.6) is 0 Å². The number of hydrogen-bond donors (Lipinski definition) is 1. The highest BCUT2D eigenvalue weighted by Gasteiger charge is 2.36. The van der Waals surface area contributed by atoms with Crippen molar-refractivity contribution in [2.45, 2.75) is 44.7 Å². The summed E-state index contributed by atoms with van der Waals surface area (Å²) >= 11 is 0. The zero-order chi connectivity index (χ0) is 19.3. The summed E-state index contributed by atoms with van der Waals surface area (Å²) < 4.78 is 1.79. The molecule has 1 aromatic heterocycles. The van der Waals surface area contributed by atoms with Crippen molar-refractivity contribution < 1.29 is 9.59 Å². The van der Waals surface area contributed by atoms with E-state index in [-0.39, 0.29) is 18.0 Å². The minimum atomic E-state index is -0.315. The van der Waals surface area contributed by atoms with Crippen LogP contribution in [0.2, 0.25) is 0 Å². The predicted molar refractivity (Wildman–Crippen MR) is 106 cm³/mol. The van der Waals surface area contributed by atoms with Crippen LogP contribution >= 0.6 is 0 Å². The molecule has 0 saturated carbocycles. The summed E-state index contributed by atoms with van der Waals surface area (Å²) in [5.74, 6) is 0.115. The Morgan fingerprint density at radius 2 is 1.82 bits per heavy atom. The minimum absolute atomic E-state index is 0.115. The van der Waals surface area contributed by atoms with E-state index in [0.29, 0.717) is 13.1 Å². The fourth-order valence-electron chi connectivity index (χ4n) is 4.04. The number of nitrogens with zero attached hydrogens (tertiary/aromatic N) is 4. The SMILES string of the molecule is O=C([C@@H]1CCCN1C(=O)NCc1cnn(-c2ccccc2)c1)N1CCCCC1. The molecule has 7 heteroatoms. The van der Waals surface area contributed by atoms with Crippen molar-refractivity contribution in [3.63, 3.8) is 0 Å². The summed E-state index contributed by atoms with van der Waals surface area (Å²) in [5.41, 5.74) is 1.90. The Balaban J connectivity index is 1.34. The fourth-order valence-corrected chi connectivity index (χ4v) is 4.04. The Labute approximate surface area is 165 Å². The minimum Gasteiger partial charge on any atom is -0.341 e. The van der Waals surface area contributed by atoms with Gasteiger partial charge in [0.15, 0.2) is 0 Å². The number of nitrogens with one attached hydrogen (secondary N) is 1. The zero-order valence-corrected chi connectivity index (χ0v) is 16.1. The fraction of sp³-hybridized carbons (Fsp3) is 0.476. The van der Waals surface area contributed by atoms with Crippen LogP contribution in [0, 0.1) is 0 Å². The van der Waals surface area contributed by atoms with Gasteiger partial charge in [0.25, 0.3) is 0 Å². The van der Waals surface area contributed by atoms with Crippen LogP contribution in [0.4, 0.5) is 4.79 Å². The lowest BCUT2D eigenvalue weighted by atomic mass is 10.1. The highest BCUT2D eigenvalue weighted by molar-refractivity contribution is 5.87. The van der Waals surface area contributed by atoms with Crippen LogP contribution < -0.4 is 5.32 Å². The number of amides is 3. The van der Waals surface area contributed by atoms with Gasteiger partial charge in [-0.3, -0.25) is 4.79 Å². The molecule has 0 radical (unpaired) electrons. The monoisotopic (exact) mass is 381 g/mol. The molecule has 148 valence electrons. The van der Waals surface area contributed by atoms with E-state index in [1.807, 2.05) is 41.4 Å². The molecule has 1 atom stereocenters. The molecule has 4 rings (SSSR count). The van der Waals surface area contributed by atoms with Crippen molar-refractivity contribution in [1.82, 2.24) is 24.9 Å². The van der Waals surface area contributed by atoms with Gasteiger partial charge in [0.05, 0.1) is 11.9 Å². The van der Waals surface area contributed by atoms with Gasteiger partial charge in [0, 0.05) is 37.9 Å². The molecule has 2 aliphatic heterocycles. The first-order valence-corrected chi connectivity index (χ1v) is 10.1. The van der Waals surface area contributed by atoms with Gasteiger partial charge in [0.1, 0.15) is 6.04 Å². The van der Waals surface area contributed by atoms with Crippen LogP contribution in [0.3, 0.4) is 0 Å². The lowest BCUT2D eigenvalue weighted by Gasteiger charge is -2.32. The third kappa shape index (κ3) is 4.03. The maximum Gasteiger partial charge on any atom is 0.318 e. The summed E-state index contributed by atoms with van der Waals surface area (Å²) in [6.45, 7) is 2.68. The Bertz CT molecular complexity index is 813. The smallest absolute Gasteiger partial charge is 0.318 e. The van der Waals surface area contributed by atoms with Crippen LogP contribution in [0.25, 0.3) is 5.69 Å². The number of urea groups is 1. The lowest BCUT2D eigenvalue weighted by Crippen LogP contribution is -2.51. The second kappa shape index (κ2) is 8.46. The maximum absolute atomic E-state index is 12.8. The molecule has 1 N–H and O–H groups in total. The molecule has 3 amide bonds. The summed E-state index contributed by atoms with van der Waals surface area (Å²) in [4.78, 5) is 29.2. The first-order valence-electron chi connectivity index (χ1n) is 10.1. The van der Waals surface area contributed by atoms with Crippen molar-refractivity contribution in [2.75, 3.05) is 19.6 Å². The first kappa shape index (κ1) is 18.5. The van der Waals surface area contributed by atoms with Gasteiger partial charge >= 0.3 is 6.03 Å². The van der Waals surface area contributed by atoms with Crippen LogP contribution in [0.1, 0.15) is 37.7 Å². The van der Waals surface area contributed by atoms with Gasteiger partial charge in [-0.25, -0.2) is 9.48 Å². The summed E-state index contributed by atoms with van der Waals surface area (Å²) in [5, 5.41) is 7.31. The van der Waals surface area contributed by atoms with E-state index in [4.69, 9.17) is 0 Å². The Kier molecular flexibility index (Phi) is 5.60. The van der Waals surface area contributed by atoms with E-state index in [2.05, 4.69) is 10.4 Å². The summed E-state index contributed by atoms with van der Waals surface area (Å²) in [6.07, 6.45) is 8.63. The van der Waals surface area contributed by atoms with E-state index in [1.165, 1.54) is 6.42 Å². The third-order valence-corrected chi connectivity index (χ3v) is 5.57. The van der Waals surface area contributed by atoms with Gasteiger partial charge < -0.3 is 15.1 Å². The number of hydrogen-bond acceptors (Lipinski definition) is 3. The number of piperidine rings is 1. The second-order valence-corrected chi connectivity index (χ2v) is 7.52. The van der Waals surface area contributed by atoms with Crippen LogP contribution in [0.15, 0.2) is 42.7 Å². The van der Waals surface area contributed by atoms with Gasteiger partial charge in [0.2, 0.25) is 5.91 Å². The second-order valence-electron chi connectivity index (χ2n) is 7.52. The first-order chi connectivity index (χ1) is 13.7. The van der Waals surface area contributed by atoms with Crippen molar-refractivity contribution in [3.8, 4) is 5.69 Å². The highest BCUT2D eigenvalue weighted by atomic mass is 16.2. The topological polar surface area (TPSA) is 70.5 Å². The average Bonchev–Trinajstić information content (AvgIpc) is 3.43. The van der Waals surface area contributed by atoms with Crippen molar-refractivity contribution >= 4 is 11.9 Å². The molecule has 2 saturated heterocycles. The number of aromatic nitrogens is 2. The maximum atomic E-state index is 12.8. The molecule has 2 aliphatic rings. The van der Waals surface area contributed by atoms with Crippen molar-refractivity contribution in [1.29, 1.82) is 0 Å². The van der Waals surface area contributed by atoms with Gasteiger partial charge in [-0.2, -0.15) is 5.10 Å². The van der Waals surface area contributed by atoms with Crippen molar-refractivity contribution in [2.24, 2.45) is 0 Å². The predicted octanol–water partition coefficient (Wildman–Crippen LogP) is 2.56. The van der Waals surface area contributed by atoms with E-state index in [0.717, 1.165) is 50.0 Å². The van der Waals surface area contributed by atoms with E-state index < -0.39 is 0 Å². The number of carbonyl (C=O) groups excluding carboxylic acids is 2. The molecule has 1 aromatic carbocycles. The molecule has 0 spiro atoms. The Hall–Kier alpha value is -2.83. The van der Waals surface area contributed by atoms with Crippen LogP contribution in [-0.2, 0) is 11.3 Å². The third-order valence-electron chi connectivity index (χ3n) is 5.57. The summed E-state index contributed by atoms with van der Waals surface area (Å²) in [6, 6.07) is 9.38. The molecule has 28 heavy (non-hydrogen) atoms. The normalized spacial score (nSPS) is 19.6. The quantitative estimate of drug-likeness (QED) is 0.885. The molecule has 0 aliphatic carbocycles. The number of likely N-dealkylation sites (tertiary alicyclic amines) is 2. The molecular weight excluding hydrogens is 354 g/mol. The zero-order valence-electron chi connectivity index (χ0n) is 16.1. The number of rotatable bonds is 4. The molecular formula is C21H27N5O2. The number of para-hydroxylation sites is 1. The molecule has 3 heterocycles. The standard InChI is InChI=1S/C21H27N5O2/c27-20(24-11-5-2-6-12-24)19-10-7-13-25(19)21(28)22-14-17-15-23-26(16-17)18-8-3-1-4-9-18/h1,3-4,8-9,15-16,19H,2,5-7,10-14H2,(H,22,28)/t19-/m0/s1. The Morgan fingerprint density at radius 3 is 2.61 bits per heavy atom. The van der Waals surface area contributed by atoms with Crippen LogP contribution in [-0.4, -0.2) is 57.2 Å².